The summed E-state index contributed by atoms with van der Waals surface area (Å²) >= 11 is 4.76. The molecule has 1 aromatic carbocycles. The van der Waals surface area contributed by atoms with Gasteiger partial charge in [0.2, 0.25) is 0 Å². The van der Waals surface area contributed by atoms with Crippen molar-refractivity contribution >= 4 is 28.2 Å². The Morgan fingerprint density at radius 1 is 1.35 bits per heavy atom. The smallest absolute Gasteiger partial charge is 0.196 e. The first-order valence-corrected chi connectivity index (χ1v) is 8.73. The van der Waals surface area contributed by atoms with Gasteiger partial charge in [0.1, 0.15) is 28.2 Å². The van der Waals surface area contributed by atoms with Gasteiger partial charge >= 0.3 is 0 Å². The summed E-state index contributed by atoms with van der Waals surface area (Å²) in [6.45, 7) is 2.69. The van der Waals surface area contributed by atoms with Crippen LogP contribution in [0.15, 0.2) is 21.3 Å². The van der Waals surface area contributed by atoms with Gasteiger partial charge in [0, 0.05) is 30.2 Å². The zero-order valence-electron chi connectivity index (χ0n) is 14.5. The number of phenols is 2. The summed E-state index contributed by atoms with van der Waals surface area (Å²) < 4.78 is 5.79. The number of β-amino-alcohol motifs (C(OH)–C–C–N with tert-alkyl or cyclic N) is 1. The zero-order chi connectivity index (χ0) is 19.2. The molecule has 3 unspecified atom stereocenters. The fourth-order valence-corrected chi connectivity index (χ4v) is 3.58. The molecule has 7 nitrogen and oxygen atoms in total. The van der Waals surface area contributed by atoms with Crippen molar-refractivity contribution in [3.05, 3.63) is 33.7 Å². The van der Waals surface area contributed by atoms with Crippen LogP contribution in [0, 0.1) is 0 Å². The van der Waals surface area contributed by atoms with Crippen LogP contribution in [-0.4, -0.2) is 56.6 Å². The second-order valence-electron chi connectivity index (χ2n) is 6.83. The molecule has 0 aliphatic carbocycles. The van der Waals surface area contributed by atoms with E-state index < -0.39 is 29.1 Å². The number of piperidine rings is 1. The van der Waals surface area contributed by atoms with Crippen LogP contribution in [0.25, 0.3) is 11.0 Å². The molecular weight excluding hydrogens is 358 g/mol. The Kier molecular flexibility index (Phi) is 4.92. The van der Waals surface area contributed by atoms with Crippen molar-refractivity contribution in [3.63, 3.8) is 0 Å². The minimum atomic E-state index is -0.766. The predicted molar refractivity (Wildman–Crippen MR) is 100 cm³/mol. The zero-order valence-corrected chi connectivity index (χ0v) is 15.3. The highest BCUT2D eigenvalue weighted by atomic mass is 32.1. The Morgan fingerprint density at radius 3 is 2.65 bits per heavy atom. The average Bonchev–Trinajstić information content (AvgIpc) is 2.54. The van der Waals surface area contributed by atoms with Crippen LogP contribution in [0.4, 0.5) is 0 Å². The number of hydrogen-bond acceptors (Lipinski definition) is 7. The second kappa shape index (κ2) is 6.86. The van der Waals surface area contributed by atoms with E-state index in [9.17, 15) is 25.2 Å². The number of aliphatic hydroxyl groups excluding tert-OH is 2. The Hall–Kier alpha value is -2.16. The Labute approximate surface area is 155 Å². The monoisotopic (exact) mass is 379 g/mol. The maximum absolute atomic E-state index is 12.5. The van der Waals surface area contributed by atoms with E-state index >= 15 is 0 Å². The number of nitrogens with zero attached hydrogens (tertiary/aromatic N) is 1. The van der Waals surface area contributed by atoms with E-state index in [1.165, 1.54) is 6.07 Å². The Balaban J connectivity index is 2.28. The van der Waals surface area contributed by atoms with Crippen molar-refractivity contribution in [2.45, 2.75) is 31.3 Å². The third kappa shape index (κ3) is 3.15. The molecule has 2 aromatic rings. The Bertz CT molecular complexity index is 924. The first kappa shape index (κ1) is 18.6. The molecule has 0 amide bonds. The van der Waals surface area contributed by atoms with Crippen molar-refractivity contribution < 1.29 is 24.8 Å². The van der Waals surface area contributed by atoms with E-state index in [0.717, 1.165) is 6.07 Å². The van der Waals surface area contributed by atoms with Gasteiger partial charge in [-0.25, -0.2) is 0 Å². The van der Waals surface area contributed by atoms with E-state index in [1.807, 2.05) is 11.9 Å². The minimum Gasteiger partial charge on any atom is -0.507 e. The van der Waals surface area contributed by atoms with E-state index in [4.69, 9.17) is 16.6 Å². The normalized spacial score (nSPS) is 22.4. The topological polar surface area (TPSA) is 114 Å². The first-order valence-electron chi connectivity index (χ1n) is 8.32. The van der Waals surface area contributed by atoms with Crippen LogP contribution in [0.3, 0.4) is 0 Å². The summed E-state index contributed by atoms with van der Waals surface area (Å²) in [6.07, 6.45) is -0.217. The van der Waals surface area contributed by atoms with Gasteiger partial charge in [-0.15, -0.1) is 0 Å². The SMILES string of the molecule is CC(C(O)=S)c1cc(=O)c2c(O)cc(O)c(C3CCN(C)CC3O)c2o1. The number of aromatic hydroxyl groups is 2. The number of rotatable bonds is 3. The lowest BCUT2D eigenvalue weighted by atomic mass is 9.85. The maximum atomic E-state index is 12.5. The van der Waals surface area contributed by atoms with Crippen LogP contribution in [0.5, 0.6) is 11.5 Å². The summed E-state index contributed by atoms with van der Waals surface area (Å²) in [7, 11) is 1.89. The van der Waals surface area contributed by atoms with Gasteiger partial charge in [0.25, 0.3) is 0 Å². The lowest BCUT2D eigenvalue weighted by Gasteiger charge is -2.34. The standard InChI is InChI=1S/C18H21NO6S/c1-8(18(24)26)14-6-12(22)16-11(21)5-10(20)15(17(16)25-14)9-3-4-19(2)7-13(9)23/h5-6,8-9,13,20-21,23H,3-4,7H2,1-2H3,(H,24,26). The fraction of sp³-hybridized carbons (Fsp3) is 0.444. The van der Waals surface area contributed by atoms with E-state index in [1.54, 1.807) is 6.92 Å². The number of aliphatic hydroxyl groups is 2. The minimum absolute atomic E-state index is 0.0155. The van der Waals surface area contributed by atoms with Gasteiger partial charge in [0.05, 0.1) is 12.0 Å². The summed E-state index contributed by atoms with van der Waals surface area (Å²) in [6, 6.07) is 2.26. The van der Waals surface area contributed by atoms with Crippen LogP contribution in [0.2, 0.25) is 0 Å². The highest BCUT2D eigenvalue weighted by molar-refractivity contribution is 7.80. The summed E-state index contributed by atoms with van der Waals surface area (Å²) in [5.74, 6) is -1.68. The molecule has 2 heterocycles. The predicted octanol–water partition coefficient (Wildman–Crippen LogP) is 1.97. The van der Waals surface area contributed by atoms with Gasteiger partial charge in [-0.3, -0.25) is 4.79 Å². The molecule has 4 N–H and O–H groups in total. The number of fused-ring (bicyclic) bond motifs is 1. The molecule has 0 bridgehead atoms. The molecule has 3 atom stereocenters. The molecule has 1 aliphatic rings. The molecule has 26 heavy (non-hydrogen) atoms. The van der Waals surface area contributed by atoms with Gasteiger partial charge in [-0.05, 0) is 39.2 Å². The third-order valence-electron chi connectivity index (χ3n) is 4.97. The molecular formula is C18H21NO6S. The van der Waals surface area contributed by atoms with Crippen LogP contribution in [-0.2, 0) is 0 Å². The van der Waals surface area contributed by atoms with Crippen molar-refractivity contribution in [2.24, 2.45) is 0 Å². The molecule has 1 saturated heterocycles. The molecule has 3 rings (SSSR count). The van der Waals surface area contributed by atoms with Crippen LogP contribution in [0.1, 0.15) is 36.5 Å². The molecule has 1 aromatic heterocycles. The summed E-state index contributed by atoms with van der Waals surface area (Å²) in [4.78, 5) is 14.5. The third-order valence-corrected chi connectivity index (χ3v) is 5.32. The van der Waals surface area contributed by atoms with Gasteiger partial charge in [-0.2, -0.15) is 0 Å². The van der Waals surface area contributed by atoms with Gasteiger partial charge < -0.3 is 29.7 Å². The molecule has 0 radical (unpaired) electrons. The number of thiocarbonyl (C=S) groups is 1. The van der Waals surface area contributed by atoms with E-state index in [-0.39, 0.29) is 33.1 Å². The molecule has 0 saturated carbocycles. The number of phenolic OH excluding ortho intramolecular Hbond substituents is 2. The molecule has 1 aliphatic heterocycles. The quantitative estimate of drug-likeness (QED) is 0.599. The number of likely N-dealkylation sites (tertiary alicyclic amines) is 1. The lowest BCUT2D eigenvalue weighted by molar-refractivity contribution is 0.0630. The van der Waals surface area contributed by atoms with Crippen LogP contribution >= 0.6 is 12.2 Å². The van der Waals surface area contributed by atoms with Crippen molar-refractivity contribution in [2.75, 3.05) is 20.1 Å². The molecule has 140 valence electrons. The molecule has 0 spiro atoms. The van der Waals surface area contributed by atoms with Crippen LogP contribution < -0.4 is 5.43 Å². The number of likely N-dealkylation sites (N-methyl/N-ethyl adjacent to an activating group) is 1. The largest absolute Gasteiger partial charge is 0.507 e. The van der Waals surface area contributed by atoms with Crippen molar-refractivity contribution in [3.8, 4) is 11.5 Å². The average molecular weight is 379 g/mol. The lowest BCUT2D eigenvalue weighted by Crippen LogP contribution is -2.40. The van der Waals surface area contributed by atoms with Gasteiger partial charge in [-0.1, -0.05) is 0 Å². The second-order valence-corrected chi connectivity index (χ2v) is 7.25. The van der Waals surface area contributed by atoms with Crippen molar-refractivity contribution in [1.29, 1.82) is 0 Å². The molecule has 1 fully saturated rings. The first-order chi connectivity index (χ1) is 12.2. The highest BCUT2D eigenvalue weighted by Crippen LogP contribution is 2.42. The summed E-state index contributed by atoms with van der Waals surface area (Å²) in [5.41, 5.74) is -0.208. The Morgan fingerprint density at radius 2 is 2.04 bits per heavy atom. The van der Waals surface area contributed by atoms with E-state index in [2.05, 4.69) is 0 Å². The highest BCUT2D eigenvalue weighted by Gasteiger charge is 2.33. The molecule has 8 heteroatoms. The number of benzene rings is 1. The maximum Gasteiger partial charge on any atom is 0.196 e. The fourth-order valence-electron chi connectivity index (χ4n) is 3.46. The van der Waals surface area contributed by atoms with Crippen molar-refractivity contribution in [1.82, 2.24) is 4.90 Å². The van der Waals surface area contributed by atoms with E-state index in [0.29, 0.717) is 19.5 Å². The summed E-state index contributed by atoms with van der Waals surface area (Å²) in [5, 5.41) is 40.2. The number of hydrogen-bond donors (Lipinski definition) is 4. The van der Waals surface area contributed by atoms with Gasteiger partial charge in [0.15, 0.2) is 10.5 Å².